The quantitative estimate of drug-likeness (QED) is 0.935. The highest BCUT2D eigenvalue weighted by atomic mass is 19.2. The third-order valence-electron chi connectivity index (χ3n) is 4.18. The molecule has 1 aliphatic heterocycles. The number of aryl methyl sites for hydroxylation is 1. The maximum atomic E-state index is 13.2. The number of fused-ring (bicyclic) bond motifs is 1. The van der Waals surface area contributed by atoms with Crippen LogP contribution in [-0.4, -0.2) is 18.5 Å². The lowest BCUT2D eigenvalue weighted by molar-refractivity contribution is -0.115. The summed E-state index contributed by atoms with van der Waals surface area (Å²) < 4.78 is 26.1. The van der Waals surface area contributed by atoms with Gasteiger partial charge in [-0.3, -0.25) is 4.79 Å². The van der Waals surface area contributed by atoms with Gasteiger partial charge in [0, 0.05) is 23.5 Å². The molecule has 0 spiro atoms. The number of para-hydroxylation sites is 1. The van der Waals surface area contributed by atoms with Crippen LogP contribution in [0.1, 0.15) is 18.9 Å². The molecule has 5 heteroatoms. The summed E-state index contributed by atoms with van der Waals surface area (Å²) in [5, 5.41) is 2.62. The van der Waals surface area contributed by atoms with E-state index in [0.717, 1.165) is 30.7 Å². The maximum absolute atomic E-state index is 13.2. The molecule has 2 aromatic rings. The normalized spacial score (nSPS) is 16.8. The summed E-state index contributed by atoms with van der Waals surface area (Å²) in [5.74, 6) is -2.15. The summed E-state index contributed by atoms with van der Waals surface area (Å²) >= 11 is 0. The van der Waals surface area contributed by atoms with Crippen LogP contribution in [0.2, 0.25) is 0 Å². The highest BCUT2D eigenvalue weighted by Crippen LogP contribution is 2.30. The molecule has 1 heterocycles. The fraction of sp³-hybridized carbons (Fsp3) is 0.278. The highest BCUT2D eigenvalue weighted by Gasteiger charge is 2.24. The van der Waals surface area contributed by atoms with Crippen molar-refractivity contribution < 1.29 is 13.6 Å². The predicted octanol–water partition coefficient (Wildman–Crippen LogP) is 3.74. The molecule has 1 atom stereocenters. The van der Waals surface area contributed by atoms with Crippen molar-refractivity contribution in [1.82, 2.24) is 0 Å². The van der Waals surface area contributed by atoms with Crippen LogP contribution in [-0.2, 0) is 11.2 Å². The van der Waals surface area contributed by atoms with Gasteiger partial charge in [0.1, 0.15) is 0 Å². The lowest BCUT2D eigenvalue weighted by Crippen LogP contribution is -2.42. The Hall–Kier alpha value is -2.43. The van der Waals surface area contributed by atoms with Crippen LogP contribution >= 0.6 is 0 Å². The first kappa shape index (κ1) is 15.5. The molecule has 0 fully saturated rings. The van der Waals surface area contributed by atoms with Gasteiger partial charge in [-0.2, -0.15) is 0 Å². The molecule has 3 nitrogen and oxygen atoms in total. The molecule has 0 bridgehead atoms. The van der Waals surface area contributed by atoms with Gasteiger partial charge in [-0.25, -0.2) is 8.78 Å². The number of anilines is 2. The zero-order valence-electron chi connectivity index (χ0n) is 12.9. The van der Waals surface area contributed by atoms with E-state index in [0.29, 0.717) is 0 Å². The summed E-state index contributed by atoms with van der Waals surface area (Å²) in [4.78, 5) is 14.3. The van der Waals surface area contributed by atoms with Crippen LogP contribution in [0.4, 0.5) is 20.2 Å². The van der Waals surface area contributed by atoms with E-state index in [2.05, 4.69) is 18.3 Å². The largest absolute Gasteiger partial charge is 0.359 e. The number of rotatable bonds is 3. The minimum Gasteiger partial charge on any atom is -0.359 e. The summed E-state index contributed by atoms with van der Waals surface area (Å²) in [7, 11) is 0. The second-order valence-corrected chi connectivity index (χ2v) is 5.82. The second-order valence-electron chi connectivity index (χ2n) is 5.82. The van der Waals surface area contributed by atoms with E-state index in [1.165, 1.54) is 11.6 Å². The number of carbonyl (C=O) groups is 1. The van der Waals surface area contributed by atoms with E-state index in [1.807, 2.05) is 23.1 Å². The third kappa shape index (κ3) is 3.33. The molecule has 1 unspecified atom stereocenters. The smallest absolute Gasteiger partial charge is 0.243 e. The van der Waals surface area contributed by atoms with Crippen molar-refractivity contribution in [1.29, 1.82) is 0 Å². The van der Waals surface area contributed by atoms with Gasteiger partial charge in [-0.05, 0) is 43.5 Å². The van der Waals surface area contributed by atoms with Gasteiger partial charge in [0.2, 0.25) is 5.91 Å². The van der Waals surface area contributed by atoms with Crippen molar-refractivity contribution in [3.05, 3.63) is 59.7 Å². The number of hydrogen-bond donors (Lipinski definition) is 1. The van der Waals surface area contributed by atoms with E-state index < -0.39 is 11.6 Å². The van der Waals surface area contributed by atoms with E-state index in [-0.39, 0.29) is 24.2 Å². The van der Waals surface area contributed by atoms with Gasteiger partial charge in [0.15, 0.2) is 11.6 Å². The zero-order chi connectivity index (χ0) is 16.4. The fourth-order valence-corrected chi connectivity index (χ4v) is 2.93. The number of nitrogens with one attached hydrogen (secondary N) is 1. The molecule has 120 valence electrons. The Morgan fingerprint density at radius 1 is 1.22 bits per heavy atom. The monoisotopic (exact) mass is 316 g/mol. The van der Waals surface area contributed by atoms with Crippen molar-refractivity contribution in [2.75, 3.05) is 16.8 Å². The third-order valence-corrected chi connectivity index (χ3v) is 4.18. The first-order valence-corrected chi connectivity index (χ1v) is 7.64. The van der Waals surface area contributed by atoms with Crippen LogP contribution in [0.15, 0.2) is 42.5 Å². The van der Waals surface area contributed by atoms with Crippen LogP contribution < -0.4 is 10.2 Å². The summed E-state index contributed by atoms with van der Waals surface area (Å²) in [6.45, 7) is 2.26. The lowest BCUT2D eigenvalue weighted by atomic mass is 9.96. The van der Waals surface area contributed by atoms with Crippen LogP contribution in [0.3, 0.4) is 0 Å². The van der Waals surface area contributed by atoms with Crippen molar-refractivity contribution >= 4 is 17.3 Å². The first-order chi connectivity index (χ1) is 11.0. The van der Waals surface area contributed by atoms with Crippen LogP contribution in [0.5, 0.6) is 0 Å². The molecular weight excluding hydrogens is 298 g/mol. The van der Waals surface area contributed by atoms with Gasteiger partial charge < -0.3 is 10.2 Å². The number of carbonyl (C=O) groups excluding carboxylic acids is 1. The maximum Gasteiger partial charge on any atom is 0.243 e. The average molecular weight is 316 g/mol. The average Bonchev–Trinajstić information content (AvgIpc) is 2.54. The summed E-state index contributed by atoms with van der Waals surface area (Å²) in [6, 6.07) is 11.6. The standard InChI is InChI=1S/C18H18F2N2O/c1-12-6-7-13-4-2-3-5-17(13)22(12)11-18(23)21-14-8-9-15(19)16(20)10-14/h2-5,8-10,12H,6-7,11H2,1H3,(H,21,23). The molecule has 0 radical (unpaired) electrons. The fourth-order valence-electron chi connectivity index (χ4n) is 2.93. The molecule has 2 aromatic carbocycles. The molecule has 1 amide bonds. The second kappa shape index (κ2) is 6.36. The molecule has 1 aliphatic rings. The predicted molar refractivity (Wildman–Crippen MR) is 86.6 cm³/mol. The number of nitrogens with zero attached hydrogens (tertiary/aromatic N) is 1. The molecule has 23 heavy (non-hydrogen) atoms. The number of benzene rings is 2. The summed E-state index contributed by atoms with van der Waals surface area (Å²) in [5.41, 5.74) is 2.55. The van der Waals surface area contributed by atoms with Gasteiger partial charge in [0.25, 0.3) is 0 Å². The van der Waals surface area contributed by atoms with Crippen molar-refractivity contribution in [2.45, 2.75) is 25.8 Å². The number of halogens is 2. The van der Waals surface area contributed by atoms with Crippen LogP contribution in [0, 0.1) is 11.6 Å². The Labute approximate surface area is 133 Å². The SMILES string of the molecule is CC1CCc2ccccc2N1CC(=O)Nc1ccc(F)c(F)c1. The van der Waals surface area contributed by atoms with Gasteiger partial charge >= 0.3 is 0 Å². The molecule has 1 N–H and O–H groups in total. The van der Waals surface area contributed by atoms with Gasteiger partial charge in [-0.1, -0.05) is 18.2 Å². The molecule has 0 aromatic heterocycles. The van der Waals surface area contributed by atoms with Gasteiger partial charge in [0.05, 0.1) is 6.54 Å². The van der Waals surface area contributed by atoms with E-state index in [1.54, 1.807) is 0 Å². The van der Waals surface area contributed by atoms with E-state index in [9.17, 15) is 13.6 Å². The van der Waals surface area contributed by atoms with Crippen molar-refractivity contribution in [3.8, 4) is 0 Å². The minimum absolute atomic E-state index is 0.178. The Morgan fingerprint density at radius 2 is 2.00 bits per heavy atom. The Morgan fingerprint density at radius 3 is 2.78 bits per heavy atom. The molecule has 0 aliphatic carbocycles. The topological polar surface area (TPSA) is 32.3 Å². The highest BCUT2D eigenvalue weighted by molar-refractivity contribution is 5.94. The Kier molecular flexibility index (Phi) is 4.28. The minimum atomic E-state index is -0.973. The molecular formula is C18H18F2N2O. The molecule has 0 saturated carbocycles. The Balaban J connectivity index is 1.73. The Bertz CT molecular complexity index is 733. The molecule has 3 rings (SSSR count). The number of amides is 1. The van der Waals surface area contributed by atoms with Crippen LogP contribution in [0.25, 0.3) is 0 Å². The van der Waals surface area contributed by atoms with E-state index in [4.69, 9.17) is 0 Å². The van der Waals surface area contributed by atoms with Crippen molar-refractivity contribution in [2.24, 2.45) is 0 Å². The van der Waals surface area contributed by atoms with Crippen molar-refractivity contribution in [3.63, 3.8) is 0 Å². The van der Waals surface area contributed by atoms with E-state index >= 15 is 0 Å². The van der Waals surface area contributed by atoms with Gasteiger partial charge in [-0.15, -0.1) is 0 Å². The first-order valence-electron chi connectivity index (χ1n) is 7.64. The lowest BCUT2D eigenvalue weighted by Gasteiger charge is -2.36. The zero-order valence-corrected chi connectivity index (χ0v) is 12.9. The summed E-state index contributed by atoms with van der Waals surface area (Å²) in [6.07, 6.45) is 1.98. The number of hydrogen-bond acceptors (Lipinski definition) is 2. The molecule has 0 saturated heterocycles.